The summed E-state index contributed by atoms with van der Waals surface area (Å²) in [4.78, 5) is 0. The van der Waals surface area contributed by atoms with Crippen molar-refractivity contribution >= 4 is 11.8 Å². The van der Waals surface area contributed by atoms with Gasteiger partial charge in [-0.25, -0.2) is 0 Å². The van der Waals surface area contributed by atoms with Crippen LogP contribution in [0.2, 0.25) is 0 Å². The molecule has 1 fully saturated rings. The van der Waals surface area contributed by atoms with Crippen molar-refractivity contribution in [2.45, 2.75) is 19.5 Å². The third kappa shape index (κ3) is 2.48. The highest BCUT2D eigenvalue weighted by Gasteiger charge is 2.16. The minimum atomic E-state index is 0.756. The molecule has 0 bridgehead atoms. The SMILES string of the molecule is Cc1ccc(CNC2CSC2)cc1. The summed E-state index contributed by atoms with van der Waals surface area (Å²) in [6.07, 6.45) is 0. The first-order valence-electron chi connectivity index (χ1n) is 4.71. The summed E-state index contributed by atoms with van der Waals surface area (Å²) in [6.45, 7) is 3.14. The van der Waals surface area contributed by atoms with Crippen molar-refractivity contribution in [3.8, 4) is 0 Å². The van der Waals surface area contributed by atoms with Gasteiger partial charge in [0, 0.05) is 24.1 Å². The maximum absolute atomic E-state index is 3.53. The van der Waals surface area contributed by atoms with Crippen LogP contribution in [-0.2, 0) is 6.54 Å². The van der Waals surface area contributed by atoms with E-state index in [1.807, 2.05) is 11.8 Å². The van der Waals surface area contributed by atoms with Gasteiger partial charge in [-0.1, -0.05) is 29.8 Å². The van der Waals surface area contributed by atoms with E-state index in [4.69, 9.17) is 0 Å². The smallest absolute Gasteiger partial charge is 0.0252 e. The molecule has 1 heterocycles. The molecule has 0 amide bonds. The van der Waals surface area contributed by atoms with Crippen LogP contribution < -0.4 is 5.32 Å². The molecule has 0 saturated carbocycles. The Bertz CT molecular complexity index is 264. The van der Waals surface area contributed by atoms with Crippen molar-refractivity contribution < 1.29 is 0 Å². The second-order valence-corrected chi connectivity index (χ2v) is 4.68. The lowest BCUT2D eigenvalue weighted by atomic mass is 10.1. The molecule has 2 heteroatoms. The predicted molar refractivity (Wildman–Crippen MR) is 59.1 cm³/mol. The third-order valence-corrected chi connectivity index (χ3v) is 3.63. The normalized spacial score (nSPS) is 17.0. The number of hydrogen-bond donors (Lipinski definition) is 1. The fraction of sp³-hybridized carbons (Fsp3) is 0.455. The molecule has 70 valence electrons. The van der Waals surface area contributed by atoms with Crippen molar-refractivity contribution in [3.63, 3.8) is 0 Å². The summed E-state index contributed by atoms with van der Waals surface area (Å²) in [7, 11) is 0. The maximum atomic E-state index is 3.53. The van der Waals surface area contributed by atoms with Gasteiger partial charge in [0.15, 0.2) is 0 Å². The Labute approximate surface area is 83.9 Å². The van der Waals surface area contributed by atoms with E-state index in [1.165, 1.54) is 22.6 Å². The van der Waals surface area contributed by atoms with Gasteiger partial charge in [-0.05, 0) is 12.5 Å². The lowest BCUT2D eigenvalue weighted by Crippen LogP contribution is -2.39. The van der Waals surface area contributed by atoms with Gasteiger partial charge in [-0.3, -0.25) is 0 Å². The highest BCUT2D eigenvalue weighted by Crippen LogP contribution is 2.17. The van der Waals surface area contributed by atoms with E-state index in [-0.39, 0.29) is 0 Å². The van der Waals surface area contributed by atoms with Crippen LogP contribution in [0.15, 0.2) is 24.3 Å². The van der Waals surface area contributed by atoms with E-state index in [0.717, 1.165) is 12.6 Å². The van der Waals surface area contributed by atoms with E-state index in [1.54, 1.807) is 0 Å². The molecular formula is C11H15NS. The van der Waals surface area contributed by atoms with E-state index < -0.39 is 0 Å². The summed E-state index contributed by atoms with van der Waals surface area (Å²) in [5.74, 6) is 2.57. The van der Waals surface area contributed by atoms with Crippen LogP contribution >= 0.6 is 11.8 Å². The molecule has 1 saturated heterocycles. The molecule has 0 spiro atoms. The van der Waals surface area contributed by atoms with E-state index in [9.17, 15) is 0 Å². The first kappa shape index (κ1) is 9.10. The lowest BCUT2D eigenvalue weighted by Gasteiger charge is -2.26. The molecule has 0 aliphatic carbocycles. The first-order valence-corrected chi connectivity index (χ1v) is 5.87. The molecule has 1 aliphatic rings. The van der Waals surface area contributed by atoms with Crippen LogP contribution in [0.1, 0.15) is 11.1 Å². The Hall–Kier alpha value is -0.470. The minimum Gasteiger partial charge on any atom is -0.308 e. The van der Waals surface area contributed by atoms with Crippen LogP contribution in [0.4, 0.5) is 0 Å². The van der Waals surface area contributed by atoms with Crippen molar-refractivity contribution in [1.82, 2.24) is 5.32 Å². The zero-order chi connectivity index (χ0) is 9.10. The van der Waals surface area contributed by atoms with Crippen molar-refractivity contribution in [1.29, 1.82) is 0 Å². The zero-order valence-corrected chi connectivity index (χ0v) is 8.73. The largest absolute Gasteiger partial charge is 0.308 e. The number of hydrogen-bond acceptors (Lipinski definition) is 2. The standard InChI is InChI=1S/C11H15NS/c1-9-2-4-10(5-3-9)6-12-11-7-13-8-11/h2-5,11-12H,6-8H2,1H3. The van der Waals surface area contributed by atoms with Crippen LogP contribution in [0.25, 0.3) is 0 Å². The Kier molecular flexibility index (Phi) is 2.91. The first-order chi connectivity index (χ1) is 6.34. The number of thioether (sulfide) groups is 1. The molecule has 2 rings (SSSR count). The Morgan fingerprint density at radius 1 is 1.31 bits per heavy atom. The monoisotopic (exact) mass is 193 g/mol. The molecule has 1 aromatic rings. The quantitative estimate of drug-likeness (QED) is 0.790. The number of rotatable bonds is 3. The van der Waals surface area contributed by atoms with Gasteiger partial charge in [-0.2, -0.15) is 11.8 Å². The van der Waals surface area contributed by atoms with Crippen LogP contribution in [0.5, 0.6) is 0 Å². The van der Waals surface area contributed by atoms with Crippen LogP contribution in [-0.4, -0.2) is 17.5 Å². The third-order valence-electron chi connectivity index (χ3n) is 2.35. The average molecular weight is 193 g/mol. The van der Waals surface area contributed by atoms with Crippen molar-refractivity contribution in [2.75, 3.05) is 11.5 Å². The highest BCUT2D eigenvalue weighted by molar-refractivity contribution is 8.00. The van der Waals surface area contributed by atoms with Gasteiger partial charge >= 0.3 is 0 Å². The van der Waals surface area contributed by atoms with Gasteiger partial charge in [0.1, 0.15) is 0 Å². The van der Waals surface area contributed by atoms with E-state index >= 15 is 0 Å². The average Bonchev–Trinajstić information content (AvgIpc) is 2.05. The molecule has 0 unspecified atom stereocenters. The van der Waals surface area contributed by atoms with Crippen molar-refractivity contribution in [3.05, 3.63) is 35.4 Å². The molecule has 0 aromatic heterocycles. The molecule has 0 atom stereocenters. The van der Waals surface area contributed by atoms with Crippen molar-refractivity contribution in [2.24, 2.45) is 0 Å². The summed E-state index contributed by atoms with van der Waals surface area (Å²) >= 11 is 2.02. The second-order valence-electron chi connectivity index (χ2n) is 3.60. The predicted octanol–water partition coefficient (Wildman–Crippen LogP) is 2.20. The summed E-state index contributed by atoms with van der Waals surface area (Å²) in [5, 5.41) is 3.53. The zero-order valence-electron chi connectivity index (χ0n) is 7.92. The van der Waals surface area contributed by atoms with Gasteiger partial charge in [0.25, 0.3) is 0 Å². The summed E-state index contributed by atoms with van der Waals surface area (Å²) < 4.78 is 0. The molecule has 1 N–H and O–H groups in total. The Balaban J connectivity index is 1.83. The topological polar surface area (TPSA) is 12.0 Å². The van der Waals surface area contributed by atoms with E-state index in [2.05, 4.69) is 36.5 Å². The lowest BCUT2D eigenvalue weighted by molar-refractivity contribution is 0.583. The highest BCUT2D eigenvalue weighted by atomic mass is 32.2. The fourth-order valence-corrected chi connectivity index (χ4v) is 2.03. The Morgan fingerprint density at radius 2 is 2.00 bits per heavy atom. The molecule has 1 aromatic carbocycles. The van der Waals surface area contributed by atoms with Crippen LogP contribution in [0.3, 0.4) is 0 Å². The number of nitrogens with one attached hydrogen (secondary N) is 1. The molecule has 13 heavy (non-hydrogen) atoms. The minimum absolute atomic E-state index is 0.756. The summed E-state index contributed by atoms with van der Waals surface area (Å²) in [5.41, 5.74) is 2.73. The second kappa shape index (κ2) is 4.16. The van der Waals surface area contributed by atoms with Crippen LogP contribution in [0, 0.1) is 6.92 Å². The molecule has 1 nitrogen and oxygen atoms in total. The molecular weight excluding hydrogens is 178 g/mol. The van der Waals surface area contributed by atoms with Gasteiger partial charge in [-0.15, -0.1) is 0 Å². The Morgan fingerprint density at radius 3 is 2.54 bits per heavy atom. The van der Waals surface area contributed by atoms with E-state index in [0.29, 0.717) is 0 Å². The van der Waals surface area contributed by atoms with Gasteiger partial charge < -0.3 is 5.32 Å². The van der Waals surface area contributed by atoms with Gasteiger partial charge in [0.05, 0.1) is 0 Å². The molecule has 0 radical (unpaired) electrons. The summed E-state index contributed by atoms with van der Waals surface area (Å²) in [6, 6.07) is 9.51. The van der Waals surface area contributed by atoms with Gasteiger partial charge in [0.2, 0.25) is 0 Å². The number of benzene rings is 1. The fourth-order valence-electron chi connectivity index (χ4n) is 1.32. The number of aryl methyl sites for hydroxylation is 1. The maximum Gasteiger partial charge on any atom is 0.0252 e. The molecule has 1 aliphatic heterocycles.